The van der Waals surface area contributed by atoms with Gasteiger partial charge in [0.1, 0.15) is 11.4 Å². The summed E-state index contributed by atoms with van der Waals surface area (Å²) < 4.78 is 36.9. The maximum Gasteiger partial charge on any atom is 0.407 e. The van der Waals surface area contributed by atoms with E-state index in [1.165, 1.54) is 24.5 Å². The molecular weight excluding hydrogens is 344 g/mol. The number of amides is 1. The van der Waals surface area contributed by atoms with Gasteiger partial charge in [0.05, 0.1) is 12.0 Å². The van der Waals surface area contributed by atoms with Crippen molar-refractivity contribution in [2.45, 2.75) is 51.2 Å². The fourth-order valence-electron chi connectivity index (χ4n) is 2.23. The molecule has 0 bridgehead atoms. The van der Waals surface area contributed by atoms with Gasteiger partial charge in [-0.05, 0) is 58.4 Å². The van der Waals surface area contributed by atoms with Crippen molar-refractivity contribution < 1.29 is 22.7 Å². The smallest absolute Gasteiger partial charge is 0.407 e. The third-order valence-electron chi connectivity index (χ3n) is 3.37. The van der Waals surface area contributed by atoms with Crippen LogP contribution < -0.4 is 10.1 Å². The molecule has 7 nitrogen and oxygen atoms in total. The Labute approximate surface area is 150 Å². The average Bonchev–Trinajstić information content (AvgIpc) is 2.44. The molecule has 142 valence electrons. The van der Waals surface area contributed by atoms with Crippen molar-refractivity contribution in [3.05, 3.63) is 23.8 Å². The van der Waals surface area contributed by atoms with Crippen molar-refractivity contribution in [3.8, 4) is 5.75 Å². The maximum absolute atomic E-state index is 12.7. The topological polar surface area (TPSA) is 84.9 Å². The van der Waals surface area contributed by atoms with Crippen LogP contribution in [0.1, 0.15) is 33.3 Å². The Morgan fingerprint density at radius 2 is 1.92 bits per heavy atom. The molecule has 8 heteroatoms. The van der Waals surface area contributed by atoms with Gasteiger partial charge < -0.3 is 14.8 Å². The van der Waals surface area contributed by atoms with E-state index in [1.807, 2.05) is 0 Å². The summed E-state index contributed by atoms with van der Waals surface area (Å²) in [6.45, 7) is 8.91. The first-order valence-electron chi connectivity index (χ1n) is 7.97. The number of likely N-dealkylation sites (N-methyl/N-ethyl adjacent to an activating group) is 1. The Morgan fingerprint density at radius 1 is 1.32 bits per heavy atom. The van der Waals surface area contributed by atoms with Crippen LogP contribution in [-0.2, 0) is 14.8 Å². The van der Waals surface area contributed by atoms with E-state index in [0.717, 1.165) is 5.56 Å². The molecule has 0 unspecified atom stereocenters. The lowest BCUT2D eigenvalue weighted by atomic mass is 10.2. The van der Waals surface area contributed by atoms with E-state index in [1.54, 1.807) is 46.8 Å². The fourth-order valence-corrected chi connectivity index (χ4v) is 3.57. The largest absolute Gasteiger partial charge is 0.496 e. The lowest BCUT2D eigenvalue weighted by Gasteiger charge is -2.24. The van der Waals surface area contributed by atoms with Gasteiger partial charge in [-0.3, -0.25) is 0 Å². The number of hydrogen-bond acceptors (Lipinski definition) is 5. The first-order valence-corrected chi connectivity index (χ1v) is 9.41. The lowest BCUT2D eigenvalue weighted by molar-refractivity contribution is 0.0504. The zero-order chi connectivity index (χ0) is 19.4. The minimum Gasteiger partial charge on any atom is -0.496 e. The molecule has 0 saturated carbocycles. The summed E-state index contributed by atoms with van der Waals surface area (Å²) in [6.07, 6.45) is -0.578. The first kappa shape index (κ1) is 21.2. The molecule has 0 spiro atoms. The van der Waals surface area contributed by atoms with Crippen LogP contribution in [0.2, 0.25) is 0 Å². The molecule has 0 fully saturated rings. The van der Waals surface area contributed by atoms with Crippen LogP contribution in [-0.4, -0.2) is 51.2 Å². The fraction of sp³-hybridized carbons (Fsp3) is 0.588. The van der Waals surface area contributed by atoms with E-state index in [-0.39, 0.29) is 11.4 Å². The second-order valence-corrected chi connectivity index (χ2v) is 9.01. The number of aryl methyl sites for hydroxylation is 1. The molecule has 1 amide bonds. The predicted octanol–water partition coefficient (Wildman–Crippen LogP) is 2.54. The number of carbonyl (C=O) groups excluding carboxylic acids is 1. The number of carbonyl (C=O) groups is 1. The highest BCUT2D eigenvalue weighted by atomic mass is 32.2. The van der Waals surface area contributed by atoms with E-state index in [2.05, 4.69) is 5.32 Å². The van der Waals surface area contributed by atoms with Gasteiger partial charge in [-0.15, -0.1) is 0 Å². The van der Waals surface area contributed by atoms with E-state index in [0.29, 0.717) is 5.75 Å². The van der Waals surface area contributed by atoms with Crippen LogP contribution in [0.15, 0.2) is 23.1 Å². The van der Waals surface area contributed by atoms with Gasteiger partial charge in [0.2, 0.25) is 10.0 Å². The number of nitrogens with one attached hydrogen (secondary N) is 1. The van der Waals surface area contributed by atoms with Crippen LogP contribution in [0.4, 0.5) is 4.79 Å². The summed E-state index contributed by atoms with van der Waals surface area (Å²) in [5.41, 5.74) is 0.125. The van der Waals surface area contributed by atoms with Crippen LogP contribution in [0.25, 0.3) is 0 Å². The third kappa shape index (κ3) is 6.21. The Hall–Kier alpha value is -1.80. The minimum atomic E-state index is -3.67. The van der Waals surface area contributed by atoms with Crippen molar-refractivity contribution in [2.24, 2.45) is 0 Å². The molecule has 0 aliphatic heterocycles. The molecule has 25 heavy (non-hydrogen) atoms. The molecule has 1 aromatic carbocycles. The summed E-state index contributed by atoms with van der Waals surface area (Å²) in [4.78, 5) is 11.9. The Kier molecular flexibility index (Phi) is 6.84. The Bertz CT molecular complexity index is 710. The van der Waals surface area contributed by atoms with Crippen molar-refractivity contribution in [2.75, 3.05) is 20.7 Å². The summed E-state index contributed by atoms with van der Waals surface area (Å²) >= 11 is 0. The molecule has 1 N–H and O–H groups in total. The highest BCUT2D eigenvalue weighted by Gasteiger charge is 2.24. The minimum absolute atomic E-state index is 0.118. The maximum atomic E-state index is 12.7. The van der Waals surface area contributed by atoms with E-state index in [9.17, 15) is 13.2 Å². The number of sulfonamides is 1. The second kappa shape index (κ2) is 8.05. The highest BCUT2D eigenvalue weighted by Crippen LogP contribution is 2.23. The van der Waals surface area contributed by atoms with Crippen LogP contribution in [0.3, 0.4) is 0 Å². The summed E-state index contributed by atoms with van der Waals surface area (Å²) in [5, 5.41) is 2.63. The van der Waals surface area contributed by atoms with Gasteiger partial charge in [0.25, 0.3) is 0 Å². The van der Waals surface area contributed by atoms with Crippen LogP contribution >= 0.6 is 0 Å². The summed E-state index contributed by atoms with van der Waals surface area (Å²) in [6, 6.07) is 4.28. The monoisotopic (exact) mass is 372 g/mol. The number of benzene rings is 1. The Balaban J connectivity index is 2.79. The Morgan fingerprint density at radius 3 is 2.40 bits per heavy atom. The number of methoxy groups -OCH3 is 1. The van der Waals surface area contributed by atoms with E-state index < -0.39 is 27.8 Å². The van der Waals surface area contributed by atoms with Gasteiger partial charge >= 0.3 is 6.09 Å². The molecule has 1 aromatic rings. The highest BCUT2D eigenvalue weighted by molar-refractivity contribution is 7.89. The number of hydrogen-bond donors (Lipinski definition) is 1. The van der Waals surface area contributed by atoms with E-state index >= 15 is 0 Å². The molecule has 1 atom stereocenters. The van der Waals surface area contributed by atoms with Crippen LogP contribution in [0, 0.1) is 6.92 Å². The first-order chi connectivity index (χ1) is 11.4. The SMILES string of the molecule is COc1ccc(S(=O)(=O)N(C)C[C@@H](C)NC(=O)OC(C)(C)C)cc1C. The molecule has 0 aliphatic carbocycles. The van der Waals surface area contributed by atoms with Gasteiger partial charge in [-0.2, -0.15) is 4.31 Å². The number of rotatable bonds is 6. The zero-order valence-electron chi connectivity index (χ0n) is 15.9. The van der Waals surface area contributed by atoms with Gasteiger partial charge in [-0.25, -0.2) is 13.2 Å². The van der Waals surface area contributed by atoms with Gasteiger partial charge in [-0.1, -0.05) is 0 Å². The molecule has 0 saturated heterocycles. The molecule has 1 rings (SSSR count). The van der Waals surface area contributed by atoms with E-state index in [4.69, 9.17) is 9.47 Å². The van der Waals surface area contributed by atoms with Crippen molar-refractivity contribution >= 4 is 16.1 Å². The summed E-state index contributed by atoms with van der Waals surface area (Å²) in [7, 11) is -0.658. The molecule has 0 heterocycles. The number of nitrogens with zero attached hydrogens (tertiary/aromatic N) is 1. The van der Waals surface area contributed by atoms with Crippen molar-refractivity contribution in [1.82, 2.24) is 9.62 Å². The standard InChI is InChI=1S/C17H28N2O5S/c1-12-10-14(8-9-15(12)23-7)25(21,22)19(6)11-13(2)18-16(20)24-17(3,4)5/h8-10,13H,11H2,1-7H3,(H,18,20)/t13-/m1/s1. The van der Waals surface area contributed by atoms with Crippen molar-refractivity contribution in [3.63, 3.8) is 0 Å². The predicted molar refractivity (Wildman–Crippen MR) is 96.4 cm³/mol. The normalized spacial score (nSPS) is 13.4. The van der Waals surface area contributed by atoms with Crippen LogP contribution in [0.5, 0.6) is 5.75 Å². The zero-order valence-corrected chi connectivity index (χ0v) is 16.7. The second-order valence-electron chi connectivity index (χ2n) is 6.96. The molecule has 0 aromatic heterocycles. The average molecular weight is 372 g/mol. The third-order valence-corrected chi connectivity index (χ3v) is 5.19. The number of alkyl carbamates (subject to hydrolysis) is 1. The number of ether oxygens (including phenoxy) is 2. The molecule has 0 aliphatic rings. The van der Waals surface area contributed by atoms with Gasteiger partial charge in [0.15, 0.2) is 0 Å². The quantitative estimate of drug-likeness (QED) is 0.829. The lowest BCUT2D eigenvalue weighted by Crippen LogP contribution is -2.44. The van der Waals surface area contributed by atoms with Crippen molar-refractivity contribution in [1.29, 1.82) is 0 Å². The van der Waals surface area contributed by atoms with Gasteiger partial charge in [0, 0.05) is 19.6 Å². The molecular formula is C17H28N2O5S. The summed E-state index contributed by atoms with van der Waals surface area (Å²) in [5.74, 6) is 0.626. The molecule has 0 radical (unpaired) electrons.